The topological polar surface area (TPSA) is 82.1 Å². The van der Waals surface area contributed by atoms with E-state index in [1.807, 2.05) is 30.3 Å². The smallest absolute Gasteiger partial charge is 0.269 e. The van der Waals surface area contributed by atoms with Crippen molar-refractivity contribution in [1.82, 2.24) is 20.3 Å². The number of aromatic nitrogens is 3. The first kappa shape index (κ1) is 15.0. The summed E-state index contributed by atoms with van der Waals surface area (Å²) in [5.41, 5.74) is 1.50. The van der Waals surface area contributed by atoms with Crippen LogP contribution in [0.2, 0.25) is 0 Å². The highest BCUT2D eigenvalue weighted by Gasteiger charge is 2.42. The molecule has 1 aromatic carbocycles. The van der Waals surface area contributed by atoms with Crippen LogP contribution in [0.15, 0.2) is 46.6 Å². The van der Waals surface area contributed by atoms with Gasteiger partial charge in [-0.05, 0) is 12.0 Å². The van der Waals surface area contributed by atoms with Crippen molar-refractivity contribution in [1.29, 1.82) is 0 Å². The highest BCUT2D eigenvalue weighted by Crippen LogP contribution is 2.37. The molecule has 0 aliphatic carbocycles. The fourth-order valence-corrected chi connectivity index (χ4v) is 2.81. The van der Waals surface area contributed by atoms with Crippen LogP contribution in [0.5, 0.6) is 0 Å². The Morgan fingerprint density at radius 3 is 2.59 bits per heavy atom. The monoisotopic (exact) mass is 338 g/mol. The summed E-state index contributed by atoms with van der Waals surface area (Å²) in [4.78, 5) is 13.5. The van der Waals surface area contributed by atoms with Crippen molar-refractivity contribution >= 4 is 29.1 Å². The number of hydrogen-bond donors (Lipinski definition) is 2. The fourth-order valence-electron chi connectivity index (χ4n) is 2.43. The number of aliphatic hydroxyl groups is 1. The van der Waals surface area contributed by atoms with Gasteiger partial charge in [0, 0.05) is 6.20 Å². The molecule has 2 atom stereocenters. The highest BCUT2D eigenvalue weighted by atomic mass is 35.5. The molecule has 1 aromatic heterocycles. The number of carbonyl (C=O) groups excluding carboxylic acids is 1. The van der Waals surface area contributed by atoms with Gasteiger partial charge in [-0.25, -0.2) is 0 Å². The van der Waals surface area contributed by atoms with Crippen LogP contribution in [-0.2, 0) is 11.2 Å². The van der Waals surface area contributed by atoms with E-state index in [0.717, 1.165) is 5.56 Å². The number of benzene rings is 1. The minimum atomic E-state index is -1.29. The van der Waals surface area contributed by atoms with Gasteiger partial charge in [0.2, 0.25) is 0 Å². The number of nitrogens with one attached hydrogen (secondary N) is 1. The molecule has 6 nitrogen and oxygen atoms in total. The molecule has 22 heavy (non-hydrogen) atoms. The molecule has 1 amide bonds. The lowest BCUT2D eigenvalue weighted by molar-refractivity contribution is -0.135. The molecule has 1 aliphatic rings. The van der Waals surface area contributed by atoms with Crippen LogP contribution in [0.25, 0.3) is 0 Å². The molecule has 8 heteroatoms. The average Bonchev–Trinajstić information content (AvgIpc) is 3.12. The lowest BCUT2D eigenvalue weighted by Gasteiger charge is -2.29. The number of rotatable bonds is 4. The first-order chi connectivity index (χ1) is 10.6. The highest BCUT2D eigenvalue weighted by molar-refractivity contribution is 6.49. The molecule has 1 aliphatic heterocycles. The Morgan fingerprint density at radius 2 is 2.05 bits per heavy atom. The minimum Gasteiger partial charge on any atom is -0.368 e. The van der Waals surface area contributed by atoms with Crippen LogP contribution >= 0.6 is 23.2 Å². The van der Waals surface area contributed by atoms with Crippen molar-refractivity contribution < 1.29 is 9.90 Å². The Labute approximate surface area is 136 Å². The van der Waals surface area contributed by atoms with Crippen molar-refractivity contribution in [2.24, 2.45) is 0 Å². The second-order valence-corrected chi connectivity index (χ2v) is 5.64. The predicted octanol–water partition coefficient (Wildman–Crippen LogP) is 1.94. The molecule has 0 saturated carbocycles. The Morgan fingerprint density at radius 1 is 1.32 bits per heavy atom. The normalized spacial score (nSPS) is 19.9. The zero-order chi connectivity index (χ0) is 15.7. The quantitative estimate of drug-likeness (QED) is 0.892. The van der Waals surface area contributed by atoms with Gasteiger partial charge >= 0.3 is 0 Å². The van der Waals surface area contributed by atoms with Crippen LogP contribution in [-0.4, -0.2) is 37.6 Å². The molecule has 114 valence electrons. The van der Waals surface area contributed by atoms with E-state index in [-0.39, 0.29) is 10.1 Å². The van der Waals surface area contributed by atoms with Crippen LogP contribution in [0.3, 0.4) is 0 Å². The standard InChI is InChI=1S/C14H12Cl2N4O2/c15-11-12(16)14(22)20(13(11)21)10(9-7-17-19-18-9)6-8-4-2-1-3-5-8/h1-5,7,10,13,21H,6H2,(H,17,18,19). The average molecular weight is 339 g/mol. The largest absolute Gasteiger partial charge is 0.368 e. The van der Waals surface area contributed by atoms with Gasteiger partial charge in [-0.1, -0.05) is 58.7 Å². The number of carbonyl (C=O) groups is 1. The van der Waals surface area contributed by atoms with E-state index in [9.17, 15) is 9.90 Å². The van der Waals surface area contributed by atoms with Gasteiger partial charge in [-0.3, -0.25) is 14.8 Å². The molecular weight excluding hydrogens is 327 g/mol. The summed E-state index contributed by atoms with van der Waals surface area (Å²) >= 11 is 11.8. The third kappa shape index (κ3) is 2.61. The first-order valence-corrected chi connectivity index (χ1v) is 7.31. The third-order valence-corrected chi connectivity index (χ3v) is 4.35. The molecule has 0 fully saturated rings. The van der Waals surface area contributed by atoms with Gasteiger partial charge in [0.15, 0.2) is 6.23 Å². The zero-order valence-corrected chi connectivity index (χ0v) is 12.8. The molecule has 2 N–H and O–H groups in total. The summed E-state index contributed by atoms with van der Waals surface area (Å²) < 4.78 is 0. The SMILES string of the molecule is O=C1C(Cl)=C(Cl)C(O)N1C(Cc1ccccc1)c1c[nH]nn1. The molecular formula is C14H12Cl2N4O2. The summed E-state index contributed by atoms with van der Waals surface area (Å²) in [6, 6.07) is 9.02. The van der Waals surface area contributed by atoms with E-state index in [0.29, 0.717) is 12.1 Å². The van der Waals surface area contributed by atoms with Crippen molar-refractivity contribution in [3.8, 4) is 0 Å². The molecule has 2 unspecified atom stereocenters. The maximum atomic E-state index is 12.3. The van der Waals surface area contributed by atoms with Crippen LogP contribution in [0.4, 0.5) is 0 Å². The molecule has 2 aromatic rings. The Hall–Kier alpha value is -1.89. The lowest BCUT2D eigenvalue weighted by Crippen LogP contribution is -2.39. The lowest BCUT2D eigenvalue weighted by atomic mass is 10.0. The van der Waals surface area contributed by atoms with Crippen LogP contribution < -0.4 is 0 Å². The Kier molecular flexibility index (Phi) is 4.15. The van der Waals surface area contributed by atoms with Crippen molar-refractivity contribution in [2.45, 2.75) is 18.7 Å². The molecule has 3 rings (SSSR count). The molecule has 2 heterocycles. The summed E-state index contributed by atoms with van der Waals surface area (Å²) in [6.45, 7) is 0. The van der Waals surface area contributed by atoms with Gasteiger partial charge in [-0.2, -0.15) is 0 Å². The third-order valence-electron chi connectivity index (χ3n) is 3.51. The number of aromatic amines is 1. The second-order valence-electron chi connectivity index (χ2n) is 4.85. The molecule has 0 bridgehead atoms. The molecule has 0 spiro atoms. The van der Waals surface area contributed by atoms with Gasteiger partial charge in [0.25, 0.3) is 5.91 Å². The number of H-pyrrole nitrogens is 1. The summed E-state index contributed by atoms with van der Waals surface area (Å²) in [7, 11) is 0. The maximum absolute atomic E-state index is 12.3. The van der Waals surface area contributed by atoms with Crippen molar-refractivity contribution in [3.05, 3.63) is 57.9 Å². The zero-order valence-electron chi connectivity index (χ0n) is 11.3. The molecule has 0 radical (unpaired) electrons. The second kappa shape index (κ2) is 6.08. The molecule has 0 saturated heterocycles. The van der Waals surface area contributed by atoms with Gasteiger partial charge in [0.05, 0.1) is 11.1 Å². The number of amides is 1. The fraction of sp³-hybridized carbons (Fsp3) is 0.214. The van der Waals surface area contributed by atoms with E-state index in [2.05, 4.69) is 15.4 Å². The summed E-state index contributed by atoms with van der Waals surface area (Å²) in [6.07, 6.45) is 0.741. The Balaban J connectivity index is 1.95. The van der Waals surface area contributed by atoms with E-state index in [1.165, 1.54) is 4.90 Å². The van der Waals surface area contributed by atoms with Gasteiger partial charge in [0.1, 0.15) is 10.7 Å². The number of nitrogens with zero attached hydrogens (tertiary/aromatic N) is 3. The van der Waals surface area contributed by atoms with Crippen molar-refractivity contribution in [2.75, 3.05) is 0 Å². The minimum absolute atomic E-state index is 0.0757. The number of hydrogen-bond acceptors (Lipinski definition) is 4. The van der Waals surface area contributed by atoms with Crippen molar-refractivity contribution in [3.63, 3.8) is 0 Å². The summed E-state index contributed by atoms with van der Waals surface area (Å²) in [5, 5.41) is 20.2. The predicted molar refractivity (Wildman–Crippen MR) is 80.9 cm³/mol. The van der Waals surface area contributed by atoms with E-state index < -0.39 is 18.2 Å². The van der Waals surface area contributed by atoms with Gasteiger partial charge in [-0.15, -0.1) is 5.10 Å². The maximum Gasteiger partial charge on any atom is 0.269 e. The van der Waals surface area contributed by atoms with Crippen LogP contribution in [0.1, 0.15) is 17.3 Å². The van der Waals surface area contributed by atoms with E-state index in [4.69, 9.17) is 23.2 Å². The summed E-state index contributed by atoms with van der Waals surface area (Å²) in [5.74, 6) is -0.525. The van der Waals surface area contributed by atoms with E-state index >= 15 is 0 Å². The Bertz CT molecular complexity index is 703. The number of halogens is 2. The number of aliphatic hydroxyl groups excluding tert-OH is 1. The van der Waals surface area contributed by atoms with E-state index in [1.54, 1.807) is 6.20 Å². The first-order valence-electron chi connectivity index (χ1n) is 6.55. The van der Waals surface area contributed by atoms with Gasteiger partial charge < -0.3 is 5.11 Å². The van der Waals surface area contributed by atoms with Crippen LogP contribution in [0, 0.1) is 0 Å².